The molecule has 2 aromatic carbocycles. The molecule has 2 saturated heterocycles. The van der Waals surface area contributed by atoms with E-state index in [1.54, 1.807) is 35.2 Å². The van der Waals surface area contributed by atoms with E-state index in [-0.39, 0.29) is 11.8 Å². The fourth-order valence-corrected chi connectivity index (χ4v) is 7.52. The van der Waals surface area contributed by atoms with Gasteiger partial charge in [0.25, 0.3) is 0 Å². The zero-order valence-electron chi connectivity index (χ0n) is 29.0. The Balaban J connectivity index is 0.843. The number of ether oxygens (including phenoxy) is 3. The number of benzene rings is 2. The SMILES string of the molecule is C[C@H](N)c1ccc(-c2scnc2C#CCOCCOCCOc2cc(N3C4CCC3CN(c3cc(-c5ccccc5O)nnc3N)C4)ccn2)cc1. The van der Waals surface area contributed by atoms with E-state index in [1.165, 1.54) is 0 Å². The number of rotatable bonds is 13. The highest BCUT2D eigenvalue weighted by atomic mass is 32.1. The third kappa shape index (κ3) is 8.11. The Morgan fingerprint density at radius 1 is 0.942 bits per heavy atom. The number of phenolic OH excluding ortho intramolecular Hbond substituents is 1. The van der Waals surface area contributed by atoms with Crippen molar-refractivity contribution in [3.05, 3.63) is 89.7 Å². The lowest BCUT2D eigenvalue weighted by molar-refractivity contribution is 0.0456. The van der Waals surface area contributed by atoms with Crippen LogP contribution in [0.4, 0.5) is 17.2 Å². The second-order valence-corrected chi connectivity index (χ2v) is 13.7. The molecule has 7 rings (SSSR count). The van der Waals surface area contributed by atoms with Crippen LogP contribution in [0.3, 0.4) is 0 Å². The molecular formula is C39H42N8O4S. The number of aromatic nitrogens is 4. The topological polar surface area (TPSA) is 158 Å². The minimum atomic E-state index is -0.000113. The third-order valence-electron chi connectivity index (χ3n) is 9.32. The van der Waals surface area contributed by atoms with Crippen LogP contribution in [0.25, 0.3) is 21.7 Å². The Hall–Kier alpha value is -5.26. The molecule has 2 aliphatic heterocycles. The van der Waals surface area contributed by atoms with Crippen LogP contribution in [-0.4, -0.2) is 83.5 Å². The maximum absolute atomic E-state index is 10.4. The summed E-state index contributed by atoms with van der Waals surface area (Å²) in [5.74, 6) is 7.29. The maximum Gasteiger partial charge on any atom is 0.215 e. The molecule has 2 unspecified atom stereocenters. The molecule has 2 fully saturated rings. The van der Waals surface area contributed by atoms with Crippen LogP contribution < -0.4 is 26.0 Å². The molecule has 0 amide bonds. The van der Waals surface area contributed by atoms with Gasteiger partial charge in [0.05, 0.1) is 41.6 Å². The quantitative estimate of drug-likeness (QED) is 0.107. The van der Waals surface area contributed by atoms with Gasteiger partial charge >= 0.3 is 0 Å². The molecule has 52 heavy (non-hydrogen) atoms. The number of hydrogen-bond acceptors (Lipinski definition) is 13. The van der Waals surface area contributed by atoms with Crippen molar-refractivity contribution in [1.29, 1.82) is 0 Å². The Morgan fingerprint density at radius 2 is 1.71 bits per heavy atom. The second kappa shape index (κ2) is 16.4. The van der Waals surface area contributed by atoms with Gasteiger partial charge in [0.2, 0.25) is 5.88 Å². The van der Waals surface area contributed by atoms with Crippen molar-refractivity contribution in [2.75, 3.05) is 61.7 Å². The predicted molar refractivity (Wildman–Crippen MR) is 203 cm³/mol. The summed E-state index contributed by atoms with van der Waals surface area (Å²) in [5, 5.41) is 18.8. The van der Waals surface area contributed by atoms with Crippen LogP contribution in [0.1, 0.15) is 37.1 Å². The van der Waals surface area contributed by atoms with Crippen molar-refractivity contribution in [3.8, 4) is 45.2 Å². The average Bonchev–Trinajstić information content (AvgIpc) is 3.74. The van der Waals surface area contributed by atoms with E-state index in [1.807, 2.05) is 49.4 Å². The number of pyridine rings is 1. The molecule has 268 valence electrons. The monoisotopic (exact) mass is 718 g/mol. The van der Waals surface area contributed by atoms with Gasteiger partial charge in [-0.15, -0.1) is 21.5 Å². The van der Waals surface area contributed by atoms with Crippen LogP contribution in [0.5, 0.6) is 11.6 Å². The maximum atomic E-state index is 10.4. The molecule has 2 bridgehead atoms. The summed E-state index contributed by atoms with van der Waals surface area (Å²) >= 11 is 1.57. The number of nitrogens with zero attached hydrogens (tertiary/aromatic N) is 6. The molecule has 2 aliphatic rings. The number of nitrogens with two attached hydrogens (primary N) is 2. The minimum absolute atomic E-state index is 0.000113. The van der Waals surface area contributed by atoms with Gasteiger partial charge < -0.3 is 40.6 Å². The molecule has 5 aromatic rings. The van der Waals surface area contributed by atoms with Gasteiger partial charge in [-0.25, -0.2) is 9.97 Å². The molecule has 5 heterocycles. The zero-order chi connectivity index (χ0) is 35.9. The Labute approximate surface area is 307 Å². The minimum Gasteiger partial charge on any atom is -0.507 e. The van der Waals surface area contributed by atoms with E-state index in [0.717, 1.165) is 59.0 Å². The molecular weight excluding hydrogens is 677 g/mol. The van der Waals surface area contributed by atoms with Crippen molar-refractivity contribution in [2.45, 2.75) is 37.9 Å². The third-order valence-corrected chi connectivity index (χ3v) is 10.2. The lowest BCUT2D eigenvalue weighted by Crippen LogP contribution is -2.54. The highest BCUT2D eigenvalue weighted by Gasteiger charge is 2.41. The number of fused-ring (bicyclic) bond motifs is 2. The number of piperazine rings is 1. The van der Waals surface area contributed by atoms with Gasteiger partial charge in [-0.1, -0.05) is 42.3 Å². The molecule has 0 aliphatic carbocycles. The van der Waals surface area contributed by atoms with Gasteiger partial charge in [-0.2, -0.15) is 0 Å². The van der Waals surface area contributed by atoms with Gasteiger partial charge in [-0.3, -0.25) is 0 Å². The molecule has 13 heteroatoms. The summed E-state index contributed by atoms with van der Waals surface area (Å²) in [6.45, 7) is 5.51. The summed E-state index contributed by atoms with van der Waals surface area (Å²) in [6.07, 6.45) is 3.94. The molecule has 0 spiro atoms. The molecule has 0 radical (unpaired) electrons. The van der Waals surface area contributed by atoms with Gasteiger partial charge in [0, 0.05) is 54.7 Å². The Bertz CT molecular complexity index is 2010. The average molecular weight is 719 g/mol. The Morgan fingerprint density at radius 3 is 2.50 bits per heavy atom. The van der Waals surface area contributed by atoms with E-state index in [4.69, 9.17) is 25.7 Å². The van der Waals surface area contributed by atoms with E-state index in [0.29, 0.717) is 68.1 Å². The summed E-state index contributed by atoms with van der Waals surface area (Å²) in [4.78, 5) is 14.7. The van der Waals surface area contributed by atoms with E-state index < -0.39 is 0 Å². The number of para-hydroxylation sites is 1. The van der Waals surface area contributed by atoms with Crippen molar-refractivity contribution in [3.63, 3.8) is 0 Å². The van der Waals surface area contributed by atoms with Crippen LogP contribution in [0.15, 0.2) is 78.4 Å². The highest BCUT2D eigenvalue weighted by molar-refractivity contribution is 7.13. The molecule has 0 saturated carbocycles. The van der Waals surface area contributed by atoms with E-state index in [9.17, 15) is 5.11 Å². The normalized spacial score (nSPS) is 17.1. The number of phenols is 1. The fourth-order valence-electron chi connectivity index (χ4n) is 6.77. The summed E-state index contributed by atoms with van der Waals surface area (Å²) in [7, 11) is 0. The van der Waals surface area contributed by atoms with Crippen molar-refractivity contribution < 1.29 is 19.3 Å². The second-order valence-electron chi connectivity index (χ2n) is 12.8. The first-order valence-corrected chi connectivity index (χ1v) is 18.3. The largest absolute Gasteiger partial charge is 0.507 e. The van der Waals surface area contributed by atoms with Crippen LogP contribution in [0.2, 0.25) is 0 Å². The first kappa shape index (κ1) is 35.2. The molecule has 3 aromatic heterocycles. The Kier molecular flexibility index (Phi) is 11.1. The predicted octanol–water partition coefficient (Wildman–Crippen LogP) is 5.29. The number of aromatic hydroxyl groups is 1. The number of anilines is 3. The van der Waals surface area contributed by atoms with Crippen LogP contribution >= 0.6 is 11.3 Å². The van der Waals surface area contributed by atoms with Crippen LogP contribution in [0, 0.1) is 11.8 Å². The van der Waals surface area contributed by atoms with Crippen LogP contribution in [-0.2, 0) is 9.47 Å². The first-order chi connectivity index (χ1) is 25.4. The molecule has 12 nitrogen and oxygen atoms in total. The van der Waals surface area contributed by atoms with E-state index in [2.05, 4.69) is 53.9 Å². The standard InChI is InChI=1S/C39H42N8O4S/c1-26(40)27-8-10-28(11-9-27)38-33(43-25-52-38)6-4-16-49-17-18-50-19-20-51-37-21-29(14-15-42-37)47-30-12-13-31(47)24-46(23-30)35-22-34(44-45-39(35)41)32-5-2-3-7-36(32)48/h2-3,5,7-11,14-15,21-22,25-26,30-31,48H,12-13,16-20,23-24,40H2,1H3,(H2,41,45)/t26-,30?,31?/m0/s1. The number of thiazole rings is 1. The lowest BCUT2D eigenvalue weighted by Gasteiger charge is -2.43. The summed E-state index contributed by atoms with van der Waals surface area (Å²) in [5.41, 5.74) is 20.2. The fraction of sp³-hybridized carbons (Fsp3) is 0.333. The smallest absolute Gasteiger partial charge is 0.215 e. The van der Waals surface area contributed by atoms with Gasteiger partial charge in [-0.05, 0) is 61.1 Å². The summed E-state index contributed by atoms with van der Waals surface area (Å²) < 4.78 is 17.3. The molecule has 5 N–H and O–H groups in total. The number of nitrogen functional groups attached to an aromatic ring is 1. The highest BCUT2D eigenvalue weighted by Crippen LogP contribution is 2.39. The van der Waals surface area contributed by atoms with Gasteiger partial charge in [0.1, 0.15) is 24.7 Å². The molecule has 3 atom stereocenters. The lowest BCUT2D eigenvalue weighted by atomic mass is 10.1. The first-order valence-electron chi connectivity index (χ1n) is 17.4. The zero-order valence-corrected chi connectivity index (χ0v) is 29.8. The van der Waals surface area contributed by atoms with Crippen molar-refractivity contribution >= 4 is 28.5 Å². The van der Waals surface area contributed by atoms with Gasteiger partial charge in [0.15, 0.2) is 5.82 Å². The van der Waals surface area contributed by atoms with E-state index >= 15 is 0 Å². The summed E-state index contributed by atoms with van der Waals surface area (Å²) in [6, 6.07) is 21.9. The van der Waals surface area contributed by atoms with Crippen molar-refractivity contribution in [1.82, 2.24) is 20.2 Å². The van der Waals surface area contributed by atoms with Crippen molar-refractivity contribution in [2.24, 2.45) is 5.73 Å². The number of hydrogen-bond donors (Lipinski definition) is 3.